The van der Waals surface area contributed by atoms with E-state index in [0.717, 1.165) is 18.7 Å². The van der Waals surface area contributed by atoms with Crippen LogP contribution in [0.2, 0.25) is 0 Å². The van der Waals surface area contributed by atoms with Crippen LogP contribution in [0.1, 0.15) is 18.4 Å². The number of nitrogens with zero attached hydrogens (tertiary/aromatic N) is 4. The second-order valence-electron chi connectivity index (χ2n) is 7.04. The summed E-state index contributed by atoms with van der Waals surface area (Å²) >= 11 is 0. The zero-order valence-electron chi connectivity index (χ0n) is 15.7. The van der Waals surface area contributed by atoms with Gasteiger partial charge in [-0.25, -0.2) is 14.4 Å². The van der Waals surface area contributed by atoms with E-state index in [4.69, 9.17) is 0 Å². The molecule has 144 valence electrons. The van der Waals surface area contributed by atoms with Crippen LogP contribution < -0.4 is 4.90 Å². The lowest BCUT2D eigenvalue weighted by molar-refractivity contribution is -0.131. The maximum atomic E-state index is 14.0. The lowest BCUT2D eigenvalue weighted by Crippen LogP contribution is -2.49. The van der Waals surface area contributed by atoms with E-state index in [2.05, 4.69) is 27.0 Å². The van der Waals surface area contributed by atoms with E-state index in [9.17, 15) is 9.18 Å². The smallest absolute Gasteiger partial charge is 0.222 e. The quantitative estimate of drug-likeness (QED) is 0.682. The first-order valence-electron chi connectivity index (χ1n) is 9.68. The van der Waals surface area contributed by atoms with Gasteiger partial charge in [-0.2, -0.15) is 0 Å². The molecule has 1 aliphatic rings. The Labute approximate surface area is 163 Å². The number of anilines is 1. The van der Waals surface area contributed by atoms with Crippen molar-refractivity contribution < 1.29 is 9.18 Å². The minimum absolute atomic E-state index is 0.203. The Morgan fingerprint density at radius 3 is 2.54 bits per heavy atom. The zero-order valence-corrected chi connectivity index (χ0v) is 15.7. The molecule has 1 aliphatic heterocycles. The van der Waals surface area contributed by atoms with Crippen molar-refractivity contribution in [3.05, 3.63) is 66.2 Å². The van der Waals surface area contributed by atoms with Crippen molar-refractivity contribution in [3.8, 4) is 0 Å². The molecule has 0 saturated carbocycles. The summed E-state index contributed by atoms with van der Waals surface area (Å²) in [5.74, 6) is 0.600. The molecule has 1 fully saturated rings. The number of benzene rings is 2. The molecule has 0 aliphatic carbocycles. The highest BCUT2D eigenvalue weighted by molar-refractivity contribution is 5.89. The molecule has 0 spiro atoms. The van der Waals surface area contributed by atoms with Gasteiger partial charge in [0.25, 0.3) is 0 Å². The number of carbonyl (C=O) groups excluding carboxylic acids is 1. The highest BCUT2D eigenvalue weighted by Crippen LogP contribution is 2.25. The van der Waals surface area contributed by atoms with Crippen LogP contribution in [0.15, 0.2) is 54.9 Å². The van der Waals surface area contributed by atoms with Crippen LogP contribution in [-0.4, -0.2) is 47.0 Å². The van der Waals surface area contributed by atoms with Crippen LogP contribution in [0.4, 0.5) is 10.2 Å². The average Bonchev–Trinajstić information content (AvgIpc) is 2.74. The number of aryl methyl sites for hydroxylation is 1. The molecule has 0 bridgehead atoms. The number of carbonyl (C=O) groups is 1. The fraction of sp³-hybridized carbons (Fsp3) is 0.318. The van der Waals surface area contributed by atoms with Gasteiger partial charge in [0, 0.05) is 38.0 Å². The molecule has 2 aromatic carbocycles. The van der Waals surface area contributed by atoms with E-state index in [1.165, 1.54) is 18.0 Å². The van der Waals surface area contributed by atoms with Crippen molar-refractivity contribution in [1.29, 1.82) is 0 Å². The van der Waals surface area contributed by atoms with Crippen LogP contribution in [0, 0.1) is 5.82 Å². The number of fused-ring (bicyclic) bond motifs is 1. The van der Waals surface area contributed by atoms with E-state index in [1.54, 1.807) is 6.07 Å². The minimum atomic E-state index is -0.339. The molecule has 2 heterocycles. The fourth-order valence-electron chi connectivity index (χ4n) is 3.70. The first-order valence-corrected chi connectivity index (χ1v) is 9.68. The summed E-state index contributed by atoms with van der Waals surface area (Å²) in [6, 6.07) is 15.2. The highest BCUT2D eigenvalue weighted by Gasteiger charge is 2.23. The van der Waals surface area contributed by atoms with Gasteiger partial charge in [0.05, 0.1) is 0 Å². The van der Waals surface area contributed by atoms with Crippen molar-refractivity contribution in [2.45, 2.75) is 19.3 Å². The molecule has 1 amide bonds. The van der Waals surface area contributed by atoms with E-state index in [1.807, 2.05) is 29.2 Å². The Morgan fingerprint density at radius 1 is 0.964 bits per heavy atom. The molecule has 0 unspecified atom stereocenters. The molecule has 4 rings (SSSR count). The second-order valence-corrected chi connectivity index (χ2v) is 7.04. The molecule has 28 heavy (non-hydrogen) atoms. The van der Waals surface area contributed by atoms with Crippen molar-refractivity contribution in [3.63, 3.8) is 0 Å². The van der Waals surface area contributed by atoms with Gasteiger partial charge in [0.1, 0.15) is 23.5 Å². The fourth-order valence-corrected chi connectivity index (χ4v) is 3.70. The topological polar surface area (TPSA) is 49.3 Å². The van der Waals surface area contributed by atoms with Crippen molar-refractivity contribution in [2.24, 2.45) is 0 Å². The molecule has 1 aromatic heterocycles. The van der Waals surface area contributed by atoms with Gasteiger partial charge < -0.3 is 9.80 Å². The van der Waals surface area contributed by atoms with Crippen LogP contribution in [0.5, 0.6) is 0 Å². The largest absolute Gasteiger partial charge is 0.352 e. The summed E-state index contributed by atoms with van der Waals surface area (Å²) in [6.45, 7) is 2.69. The Morgan fingerprint density at radius 2 is 1.75 bits per heavy atom. The summed E-state index contributed by atoms with van der Waals surface area (Å²) < 4.78 is 14.0. The van der Waals surface area contributed by atoms with Crippen molar-refractivity contribution in [1.82, 2.24) is 14.9 Å². The van der Waals surface area contributed by atoms with Gasteiger partial charge in [-0.15, -0.1) is 0 Å². The highest BCUT2D eigenvalue weighted by atomic mass is 19.1. The number of piperazine rings is 1. The molecule has 1 saturated heterocycles. The maximum Gasteiger partial charge on any atom is 0.222 e. The normalized spacial score (nSPS) is 14.5. The van der Waals surface area contributed by atoms with E-state index in [0.29, 0.717) is 43.5 Å². The maximum absolute atomic E-state index is 14.0. The number of aromatic nitrogens is 2. The third-order valence-electron chi connectivity index (χ3n) is 5.23. The summed E-state index contributed by atoms with van der Waals surface area (Å²) in [4.78, 5) is 25.0. The number of halogens is 1. The standard InChI is InChI=1S/C22H23FN4O/c23-19-10-5-9-18-21(19)24-16-25-22(18)27-14-12-26(13-15-27)20(28)11-4-8-17-6-2-1-3-7-17/h1-3,5-7,9-10,16H,4,8,11-15H2. The number of hydrogen-bond acceptors (Lipinski definition) is 4. The summed E-state index contributed by atoms with van der Waals surface area (Å²) in [5.41, 5.74) is 1.61. The summed E-state index contributed by atoms with van der Waals surface area (Å²) in [5, 5.41) is 0.713. The first-order chi connectivity index (χ1) is 13.7. The second kappa shape index (κ2) is 8.33. The predicted octanol–water partition coefficient (Wildman–Crippen LogP) is 3.44. The zero-order chi connectivity index (χ0) is 19.3. The molecule has 0 radical (unpaired) electrons. The third kappa shape index (κ3) is 3.96. The summed E-state index contributed by atoms with van der Waals surface area (Å²) in [6.07, 6.45) is 3.75. The van der Waals surface area contributed by atoms with Gasteiger partial charge in [0.15, 0.2) is 0 Å². The van der Waals surface area contributed by atoms with Crippen LogP contribution in [-0.2, 0) is 11.2 Å². The Bertz CT molecular complexity index is 955. The van der Waals surface area contributed by atoms with Gasteiger partial charge in [-0.1, -0.05) is 36.4 Å². The number of hydrogen-bond donors (Lipinski definition) is 0. The van der Waals surface area contributed by atoms with E-state index < -0.39 is 0 Å². The average molecular weight is 378 g/mol. The number of para-hydroxylation sites is 1. The van der Waals surface area contributed by atoms with E-state index >= 15 is 0 Å². The molecule has 3 aromatic rings. The molecule has 6 heteroatoms. The van der Waals surface area contributed by atoms with Crippen LogP contribution in [0.3, 0.4) is 0 Å². The number of amides is 1. The number of rotatable bonds is 5. The van der Waals surface area contributed by atoms with Crippen molar-refractivity contribution in [2.75, 3.05) is 31.1 Å². The van der Waals surface area contributed by atoms with Crippen LogP contribution >= 0.6 is 0 Å². The van der Waals surface area contributed by atoms with Gasteiger partial charge >= 0.3 is 0 Å². The first kappa shape index (κ1) is 18.3. The van der Waals surface area contributed by atoms with Crippen LogP contribution in [0.25, 0.3) is 10.9 Å². The Kier molecular flexibility index (Phi) is 5.46. The predicted molar refractivity (Wildman–Crippen MR) is 108 cm³/mol. The molecular formula is C22H23FN4O. The molecule has 0 atom stereocenters. The molecule has 5 nitrogen and oxygen atoms in total. The third-order valence-corrected chi connectivity index (χ3v) is 5.23. The molecule has 0 N–H and O–H groups in total. The van der Waals surface area contributed by atoms with E-state index in [-0.39, 0.29) is 11.7 Å². The Balaban J connectivity index is 1.33. The Hall–Kier alpha value is -3.02. The van der Waals surface area contributed by atoms with Gasteiger partial charge in [-0.05, 0) is 30.5 Å². The lowest BCUT2D eigenvalue weighted by atomic mass is 10.1. The summed E-state index contributed by atoms with van der Waals surface area (Å²) in [7, 11) is 0. The van der Waals surface area contributed by atoms with Gasteiger partial charge in [-0.3, -0.25) is 4.79 Å². The van der Waals surface area contributed by atoms with Gasteiger partial charge in [0.2, 0.25) is 5.91 Å². The minimum Gasteiger partial charge on any atom is -0.352 e. The SMILES string of the molecule is O=C(CCCc1ccccc1)N1CCN(c2ncnc3c(F)cccc23)CC1. The molecular weight excluding hydrogens is 355 g/mol. The van der Waals surface area contributed by atoms with Crippen molar-refractivity contribution >= 4 is 22.6 Å². The monoisotopic (exact) mass is 378 g/mol. The lowest BCUT2D eigenvalue weighted by Gasteiger charge is -2.35.